The van der Waals surface area contributed by atoms with Crippen molar-refractivity contribution in [2.75, 3.05) is 31.1 Å². The van der Waals surface area contributed by atoms with Crippen molar-refractivity contribution < 1.29 is 4.79 Å². The molecule has 3 aromatic rings. The third-order valence-electron chi connectivity index (χ3n) is 4.80. The standard InChI is InChI=1S/C21H19N5OS/c1-15-4-6-16(7-5-15)20-24-18(14-28-20)21(27)26-11-9-25(10-12-26)19-17(13-22)3-2-8-23-19/h2-8,14H,9-12H2,1H3. The number of carbonyl (C=O) groups is 1. The molecule has 0 bridgehead atoms. The van der Waals surface area contributed by atoms with Gasteiger partial charge in [0.1, 0.15) is 22.6 Å². The van der Waals surface area contributed by atoms with Crippen molar-refractivity contribution in [3.05, 3.63) is 64.8 Å². The van der Waals surface area contributed by atoms with E-state index in [9.17, 15) is 10.1 Å². The number of anilines is 1. The molecular formula is C21H19N5OS. The minimum atomic E-state index is -0.0456. The smallest absolute Gasteiger partial charge is 0.273 e. The maximum atomic E-state index is 12.8. The third kappa shape index (κ3) is 3.59. The summed E-state index contributed by atoms with van der Waals surface area (Å²) in [6.07, 6.45) is 1.69. The SMILES string of the molecule is Cc1ccc(-c2nc(C(=O)N3CCN(c4ncccc4C#N)CC3)cs2)cc1. The number of nitriles is 1. The fraction of sp³-hybridized carbons (Fsp3) is 0.238. The zero-order valence-electron chi connectivity index (χ0n) is 15.5. The molecule has 1 aliphatic heterocycles. The molecule has 0 atom stereocenters. The molecule has 0 N–H and O–H groups in total. The molecule has 1 amide bonds. The van der Waals surface area contributed by atoms with Crippen molar-refractivity contribution in [3.8, 4) is 16.6 Å². The van der Waals surface area contributed by atoms with Gasteiger partial charge in [0, 0.05) is 43.3 Å². The van der Waals surface area contributed by atoms with Gasteiger partial charge in [0.05, 0.1) is 5.56 Å². The zero-order valence-corrected chi connectivity index (χ0v) is 16.3. The molecule has 2 aromatic heterocycles. The first-order valence-corrected chi connectivity index (χ1v) is 9.95. The lowest BCUT2D eigenvalue weighted by molar-refractivity contribution is 0.0741. The minimum absolute atomic E-state index is 0.0456. The molecule has 0 radical (unpaired) electrons. The Bertz CT molecular complexity index is 1030. The number of thiazole rings is 1. The molecule has 1 fully saturated rings. The van der Waals surface area contributed by atoms with E-state index in [1.807, 2.05) is 41.5 Å². The summed E-state index contributed by atoms with van der Waals surface area (Å²) in [5.41, 5.74) is 3.27. The van der Waals surface area contributed by atoms with Crippen molar-refractivity contribution in [2.24, 2.45) is 0 Å². The average molecular weight is 389 g/mol. The molecule has 1 aromatic carbocycles. The highest BCUT2D eigenvalue weighted by atomic mass is 32.1. The van der Waals surface area contributed by atoms with Crippen LogP contribution in [0.2, 0.25) is 0 Å². The maximum Gasteiger partial charge on any atom is 0.273 e. The topological polar surface area (TPSA) is 73.1 Å². The minimum Gasteiger partial charge on any atom is -0.352 e. The van der Waals surface area contributed by atoms with Crippen molar-refractivity contribution >= 4 is 23.1 Å². The van der Waals surface area contributed by atoms with E-state index in [2.05, 4.69) is 20.9 Å². The van der Waals surface area contributed by atoms with E-state index in [1.54, 1.807) is 18.3 Å². The Morgan fingerprint density at radius 1 is 1.14 bits per heavy atom. The Morgan fingerprint density at radius 3 is 2.61 bits per heavy atom. The van der Waals surface area contributed by atoms with Gasteiger partial charge < -0.3 is 9.80 Å². The van der Waals surface area contributed by atoms with Crippen molar-refractivity contribution in [3.63, 3.8) is 0 Å². The van der Waals surface area contributed by atoms with Gasteiger partial charge in [-0.25, -0.2) is 9.97 Å². The number of pyridine rings is 1. The van der Waals surface area contributed by atoms with Gasteiger partial charge in [-0.1, -0.05) is 29.8 Å². The first-order valence-electron chi connectivity index (χ1n) is 9.07. The largest absolute Gasteiger partial charge is 0.352 e. The van der Waals surface area contributed by atoms with Crippen LogP contribution in [0.4, 0.5) is 5.82 Å². The molecule has 0 spiro atoms. The Labute approximate surface area is 167 Å². The van der Waals surface area contributed by atoms with E-state index >= 15 is 0 Å². The molecular weight excluding hydrogens is 370 g/mol. The second kappa shape index (κ2) is 7.79. The van der Waals surface area contributed by atoms with Gasteiger partial charge in [-0.2, -0.15) is 5.26 Å². The molecule has 7 heteroatoms. The van der Waals surface area contributed by atoms with E-state index < -0.39 is 0 Å². The molecule has 28 heavy (non-hydrogen) atoms. The summed E-state index contributed by atoms with van der Waals surface area (Å²) in [7, 11) is 0. The lowest BCUT2D eigenvalue weighted by Gasteiger charge is -2.35. The van der Waals surface area contributed by atoms with Gasteiger partial charge in [0.25, 0.3) is 5.91 Å². The lowest BCUT2D eigenvalue weighted by atomic mass is 10.2. The number of aromatic nitrogens is 2. The normalized spacial score (nSPS) is 14.0. The van der Waals surface area contributed by atoms with Crippen molar-refractivity contribution in [2.45, 2.75) is 6.92 Å². The van der Waals surface area contributed by atoms with Crippen LogP contribution < -0.4 is 4.90 Å². The fourth-order valence-corrected chi connectivity index (χ4v) is 4.02. The van der Waals surface area contributed by atoms with Gasteiger partial charge in [-0.05, 0) is 19.1 Å². The van der Waals surface area contributed by atoms with Gasteiger partial charge in [0.15, 0.2) is 0 Å². The van der Waals surface area contributed by atoms with Gasteiger partial charge >= 0.3 is 0 Å². The van der Waals surface area contributed by atoms with Gasteiger partial charge in [-0.15, -0.1) is 11.3 Å². The average Bonchev–Trinajstić information content (AvgIpc) is 3.24. The van der Waals surface area contributed by atoms with Gasteiger partial charge in [-0.3, -0.25) is 4.79 Å². The summed E-state index contributed by atoms with van der Waals surface area (Å²) >= 11 is 1.49. The van der Waals surface area contributed by atoms with E-state index in [1.165, 1.54) is 16.9 Å². The molecule has 3 heterocycles. The van der Waals surface area contributed by atoms with E-state index in [-0.39, 0.29) is 5.91 Å². The van der Waals surface area contributed by atoms with Gasteiger partial charge in [0.2, 0.25) is 0 Å². The van der Waals surface area contributed by atoms with Crippen molar-refractivity contribution in [1.82, 2.24) is 14.9 Å². The first kappa shape index (κ1) is 18.1. The van der Waals surface area contributed by atoms with Crippen molar-refractivity contribution in [1.29, 1.82) is 5.26 Å². The van der Waals surface area contributed by atoms with E-state index in [0.29, 0.717) is 43.3 Å². The Hall–Kier alpha value is -3.24. The van der Waals surface area contributed by atoms with Crippen LogP contribution in [0.25, 0.3) is 10.6 Å². The highest BCUT2D eigenvalue weighted by Crippen LogP contribution is 2.25. The highest BCUT2D eigenvalue weighted by molar-refractivity contribution is 7.13. The fourth-order valence-electron chi connectivity index (χ4n) is 3.22. The second-order valence-electron chi connectivity index (χ2n) is 6.67. The number of hydrogen-bond donors (Lipinski definition) is 0. The van der Waals surface area contributed by atoms with Crippen LogP contribution in [0.1, 0.15) is 21.6 Å². The third-order valence-corrected chi connectivity index (χ3v) is 5.69. The number of amides is 1. The molecule has 1 saturated heterocycles. The molecule has 4 rings (SSSR count). The number of nitrogens with zero attached hydrogens (tertiary/aromatic N) is 5. The Kier molecular flexibility index (Phi) is 5.04. The maximum absolute atomic E-state index is 12.8. The zero-order chi connectivity index (χ0) is 19.5. The van der Waals surface area contributed by atoms with Crippen LogP contribution in [0, 0.1) is 18.3 Å². The number of hydrogen-bond acceptors (Lipinski definition) is 6. The predicted octanol–water partition coefficient (Wildman–Crippen LogP) is 3.35. The van der Waals surface area contributed by atoms with Crippen LogP contribution in [0.3, 0.4) is 0 Å². The number of piperazine rings is 1. The highest BCUT2D eigenvalue weighted by Gasteiger charge is 2.25. The van der Waals surface area contributed by atoms with E-state index in [4.69, 9.17) is 0 Å². The second-order valence-corrected chi connectivity index (χ2v) is 7.53. The molecule has 140 valence electrons. The molecule has 6 nitrogen and oxygen atoms in total. The molecule has 0 saturated carbocycles. The van der Waals surface area contributed by atoms with Crippen LogP contribution >= 0.6 is 11.3 Å². The summed E-state index contributed by atoms with van der Waals surface area (Å²) in [5, 5.41) is 11.9. The predicted molar refractivity (Wildman–Crippen MR) is 109 cm³/mol. The summed E-state index contributed by atoms with van der Waals surface area (Å²) in [6, 6.07) is 13.9. The Balaban J connectivity index is 1.43. The number of rotatable bonds is 3. The summed E-state index contributed by atoms with van der Waals surface area (Å²) in [5.74, 6) is 0.642. The van der Waals surface area contributed by atoms with Crippen LogP contribution in [-0.4, -0.2) is 47.0 Å². The Morgan fingerprint density at radius 2 is 1.89 bits per heavy atom. The quantitative estimate of drug-likeness (QED) is 0.687. The van der Waals surface area contributed by atoms with Crippen LogP contribution in [0.5, 0.6) is 0 Å². The number of benzene rings is 1. The van der Waals surface area contributed by atoms with Crippen LogP contribution in [0.15, 0.2) is 48.0 Å². The summed E-state index contributed by atoms with van der Waals surface area (Å²) in [6.45, 7) is 4.50. The number of aryl methyl sites for hydroxylation is 1. The summed E-state index contributed by atoms with van der Waals surface area (Å²) < 4.78 is 0. The first-order chi connectivity index (χ1) is 13.7. The molecule has 0 unspecified atom stereocenters. The molecule has 0 aliphatic carbocycles. The van der Waals surface area contributed by atoms with Crippen LogP contribution in [-0.2, 0) is 0 Å². The molecule has 1 aliphatic rings. The summed E-state index contributed by atoms with van der Waals surface area (Å²) in [4.78, 5) is 25.6. The monoisotopic (exact) mass is 389 g/mol. The van der Waals surface area contributed by atoms with E-state index in [0.717, 1.165) is 10.6 Å². The number of carbonyl (C=O) groups excluding carboxylic acids is 1. The lowest BCUT2D eigenvalue weighted by Crippen LogP contribution is -2.49.